The molecule has 1 fully saturated rings. The third kappa shape index (κ3) is 0.591. The van der Waals surface area contributed by atoms with Crippen LogP contribution in [0.5, 0.6) is 0 Å². The van der Waals surface area contributed by atoms with Gasteiger partial charge in [0.1, 0.15) is 0 Å². The Morgan fingerprint density at radius 1 is 1.25 bits per heavy atom. The normalized spacial score (nSPS) is 34.0. The van der Waals surface area contributed by atoms with Gasteiger partial charge in [0, 0.05) is 5.92 Å². The third-order valence-electron chi connectivity index (χ3n) is 2.76. The standard InChI is InChI=1S/C9H8O2S/c10-12(11)8-4-2-1-3-6(8)7-5-9(7)12/h1-4,7,9H,5H2/t7?,9-/m1/s1. The number of sulfone groups is 1. The van der Waals surface area contributed by atoms with Crippen molar-refractivity contribution in [3.63, 3.8) is 0 Å². The molecule has 0 N–H and O–H groups in total. The van der Waals surface area contributed by atoms with Crippen LogP contribution in [0.2, 0.25) is 0 Å². The van der Waals surface area contributed by atoms with Crippen LogP contribution in [0.4, 0.5) is 0 Å². The van der Waals surface area contributed by atoms with Gasteiger partial charge in [-0.1, -0.05) is 18.2 Å². The first-order valence-corrected chi connectivity index (χ1v) is 5.59. The van der Waals surface area contributed by atoms with Crippen molar-refractivity contribution in [3.8, 4) is 0 Å². The molecule has 0 bridgehead atoms. The molecular formula is C9H8O2S. The molecule has 1 unspecified atom stereocenters. The highest BCUT2D eigenvalue weighted by molar-refractivity contribution is 7.92. The fourth-order valence-electron chi connectivity index (χ4n) is 2.05. The molecule has 1 aromatic rings. The van der Waals surface area contributed by atoms with Crippen LogP contribution in [0.3, 0.4) is 0 Å². The Bertz CT molecular complexity index is 447. The van der Waals surface area contributed by atoms with E-state index in [2.05, 4.69) is 0 Å². The molecule has 1 aromatic carbocycles. The van der Waals surface area contributed by atoms with Gasteiger partial charge in [0.2, 0.25) is 0 Å². The van der Waals surface area contributed by atoms with Gasteiger partial charge in [0.15, 0.2) is 9.84 Å². The molecule has 0 aromatic heterocycles. The van der Waals surface area contributed by atoms with Crippen molar-refractivity contribution in [3.05, 3.63) is 29.8 Å². The zero-order valence-electron chi connectivity index (χ0n) is 6.40. The summed E-state index contributed by atoms with van der Waals surface area (Å²) in [4.78, 5) is 0.575. The van der Waals surface area contributed by atoms with Gasteiger partial charge in [-0.25, -0.2) is 8.42 Å². The van der Waals surface area contributed by atoms with Gasteiger partial charge >= 0.3 is 0 Å². The topological polar surface area (TPSA) is 34.1 Å². The van der Waals surface area contributed by atoms with E-state index in [1.807, 2.05) is 12.1 Å². The van der Waals surface area contributed by atoms with Crippen LogP contribution in [0.15, 0.2) is 29.2 Å². The number of benzene rings is 1. The zero-order valence-corrected chi connectivity index (χ0v) is 7.21. The largest absolute Gasteiger partial charge is 0.223 e. The summed E-state index contributed by atoms with van der Waals surface area (Å²) in [5, 5.41) is -0.0742. The predicted molar refractivity (Wildman–Crippen MR) is 44.8 cm³/mol. The van der Waals surface area contributed by atoms with Gasteiger partial charge in [0.05, 0.1) is 10.1 Å². The lowest BCUT2D eigenvalue weighted by molar-refractivity contribution is 0.597. The summed E-state index contributed by atoms with van der Waals surface area (Å²) in [6.07, 6.45) is 0.847. The highest BCUT2D eigenvalue weighted by atomic mass is 32.2. The van der Waals surface area contributed by atoms with Crippen LogP contribution in [-0.2, 0) is 9.84 Å². The second-order valence-electron chi connectivity index (χ2n) is 3.46. The van der Waals surface area contributed by atoms with Gasteiger partial charge in [-0.05, 0) is 18.1 Å². The summed E-state index contributed by atoms with van der Waals surface area (Å²) >= 11 is 0. The van der Waals surface area contributed by atoms with Crippen molar-refractivity contribution >= 4 is 9.84 Å². The molecule has 1 aliphatic carbocycles. The van der Waals surface area contributed by atoms with E-state index < -0.39 is 9.84 Å². The van der Waals surface area contributed by atoms with E-state index in [0.29, 0.717) is 10.8 Å². The Kier molecular flexibility index (Phi) is 0.966. The van der Waals surface area contributed by atoms with Gasteiger partial charge < -0.3 is 0 Å². The Hall–Kier alpha value is -0.830. The van der Waals surface area contributed by atoms with Crippen LogP contribution in [0.25, 0.3) is 0 Å². The first-order valence-electron chi connectivity index (χ1n) is 4.04. The molecule has 1 heterocycles. The molecular weight excluding hydrogens is 172 g/mol. The van der Waals surface area contributed by atoms with Crippen molar-refractivity contribution in [1.82, 2.24) is 0 Å². The summed E-state index contributed by atoms with van der Waals surface area (Å²) in [6, 6.07) is 7.36. The molecule has 0 radical (unpaired) electrons. The van der Waals surface area contributed by atoms with E-state index in [4.69, 9.17) is 0 Å². The Balaban J connectivity index is 2.40. The highest BCUT2D eigenvalue weighted by Crippen LogP contribution is 2.56. The van der Waals surface area contributed by atoms with Gasteiger partial charge in [-0.3, -0.25) is 0 Å². The maximum atomic E-state index is 11.6. The van der Waals surface area contributed by atoms with Crippen LogP contribution in [-0.4, -0.2) is 13.7 Å². The molecule has 2 atom stereocenters. The van der Waals surface area contributed by atoms with Crippen molar-refractivity contribution in [2.24, 2.45) is 0 Å². The van der Waals surface area contributed by atoms with Crippen molar-refractivity contribution in [1.29, 1.82) is 0 Å². The summed E-state index contributed by atoms with van der Waals surface area (Å²) in [7, 11) is -2.91. The molecule has 1 aliphatic heterocycles. The molecule has 12 heavy (non-hydrogen) atoms. The molecule has 2 aliphatic rings. The lowest BCUT2D eigenvalue weighted by Crippen LogP contribution is -2.02. The summed E-state index contributed by atoms with van der Waals surface area (Å²) < 4.78 is 23.3. The van der Waals surface area contributed by atoms with Crippen LogP contribution in [0, 0.1) is 0 Å². The second kappa shape index (κ2) is 1.74. The van der Waals surface area contributed by atoms with Crippen molar-refractivity contribution < 1.29 is 8.42 Å². The Morgan fingerprint density at radius 3 is 2.75 bits per heavy atom. The molecule has 0 spiro atoms. The van der Waals surface area contributed by atoms with E-state index in [0.717, 1.165) is 12.0 Å². The smallest absolute Gasteiger partial charge is 0.182 e. The molecule has 3 heteroatoms. The van der Waals surface area contributed by atoms with Gasteiger partial charge in [0.25, 0.3) is 0 Å². The number of rotatable bonds is 0. The molecule has 62 valence electrons. The lowest BCUT2D eigenvalue weighted by Gasteiger charge is -1.99. The predicted octanol–water partition coefficient (Wildman–Crippen LogP) is 1.33. The maximum absolute atomic E-state index is 11.6. The molecule has 1 saturated carbocycles. The maximum Gasteiger partial charge on any atom is 0.182 e. The van der Waals surface area contributed by atoms with Gasteiger partial charge in [-0.2, -0.15) is 0 Å². The minimum atomic E-state index is -2.91. The molecule has 0 amide bonds. The second-order valence-corrected chi connectivity index (χ2v) is 5.60. The lowest BCUT2D eigenvalue weighted by atomic mass is 10.1. The fourth-order valence-corrected chi connectivity index (χ4v) is 4.23. The van der Waals surface area contributed by atoms with Crippen molar-refractivity contribution in [2.45, 2.75) is 22.5 Å². The van der Waals surface area contributed by atoms with E-state index >= 15 is 0 Å². The fraction of sp³-hybridized carbons (Fsp3) is 0.333. The number of fused-ring (bicyclic) bond motifs is 3. The van der Waals surface area contributed by atoms with Crippen LogP contribution in [0.1, 0.15) is 17.9 Å². The quantitative estimate of drug-likeness (QED) is 0.603. The summed E-state index contributed by atoms with van der Waals surface area (Å²) in [5.41, 5.74) is 1.04. The van der Waals surface area contributed by atoms with E-state index in [-0.39, 0.29) is 5.25 Å². The first-order chi connectivity index (χ1) is 5.71. The Morgan fingerprint density at radius 2 is 2.00 bits per heavy atom. The van der Waals surface area contributed by atoms with Crippen LogP contribution >= 0.6 is 0 Å². The van der Waals surface area contributed by atoms with Crippen molar-refractivity contribution in [2.75, 3.05) is 0 Å². The average molecular weight is 180 g/mol. The zero-order chi connectivity index (χ0) is 8.34. The minimum absolute atomic E-state index is 0.0742. The number of hydrogen-bond donors (Lipinski definition) is 0. The summed E-state index contributed by atoms with van der Waals surface area (Å²) in [6.45, 7) is 0. The third-order valence-corrected chi connectivity index (χ3v) is 5.06. The van der Waals surface area contributed by atoms with E-state index in [9.17, 15) is 8.42 Å². The van der Waals surface area contributed by atoms with Crippen LogP contribution < -0.4 is 0 Å². The Labute approximate surface area is 71.1 Å². The average Bonchev–Trinajstić information content (AvgIpc) is 2.80. The monoisotopic (exact) mass is 180 g/mol. The van der Waals surface area contributed by atoms with E-state index in [1.54, 1.807) is 12.1 Å². The molecule has 2 nitrogen and oxygen atoms in total. The number of hydrogen-bond acceptors (Lipinski definition) is 2. The summed E-state index contributed by atoms with van der Waals surface area (Å²) in [5.74, 6) is 0.325. The first kappa shape index (κ1) is 6.66. The minimum Gasteiger partial charge on any atom is -0.223 e. The SMILES string of the molecule is O=S1(=O)c2ccccc2C2C[C@H]21. The molecule has 3 rings (SSSR count). The van der Waals surface area contributed by atoms with Gasteiger partial charge in [-0.15, -0.1) is 0 Å². The van der Waals surface area contributed by atoms with E-state index in [1.165, 1.54) is 0 Å². The highest BCUT2D eigenvalue weighted by Gasteiger charge is 2.56. The molecule has 0 saturated heterocycles.